The van der Waals surface area contributed by atoms with Crippen molar-refractivity contribution in [2.24, 2.45) is 5.92 Å². The predicted molar refractivity (Wildman–Crippen MR) is 50.9 cm³/mol. The fraction of sp³-hybridized carbons (Fsp3) is 1.00. The van der Waals surface area contributed by atoms with Gasteiger partial charge in [0.1, 0.15) is 6.23 Å². The zero-order valence-electron chi connectivity index (χ0n) is 8.45. The van der Waals surface area contributed by atoms with Gasteiger partial charge in [-0.3, -0.25) is 4.90 Å². The van der Waals surface area contributed by atoms with Gasteiger partial charge in [-0.15, -0.1) is 0 Å². The first-order chi connectivity index (χ1) is 5.70. The van der Waals surface area contributed by atoms with E-state index in [0.29, 0.717) is 6.04 Å². The average molecular weight is 171 g/mol. The van der Waals surface area contributed by atoms with Crippen LogP contribution >= 0.6 is 0 Å². The molecule has 0 aromatic carbocycles. The van der Waals surface area contributed by atoms with E-state index >= 15 is 0 Å². The Hall–Kier alpha value is -0.0800. The van der Waals surface area contributed by atoms with Crippen molar-refractivity contribution in [2.75, 3.05) is 7.05 Å². The normalized spacial score (nSPS) is 30.8. The van der Waals surface area contributed by atoms with Crippen LogP contribution in [0.2, 0.25) is 0 Å². The lowest BCUT2D eigenvalue weighted by molar-refractivity contribution is 0.00662. The Kier molecular flexibility index (Phi) is 3.53. The molecule has 0 bridgehead atoms. The van der Waals surface area contributed by atoms with Gasteiger partial charge in [-0.2, -0.15) is 0 Å². The maximum Gasteiger partial charge on any atom is 0.107 e. The van der Waals surface area contributed by atoms with Gasteiger partial charge in [-0.1, -0.05) is 26.7 Å². The van der Waals surface area contributed by atoms with Crippen molar-refractivity contribution < 1.29 is 5.11 Å². The minimum absolute atomic E-state index is 0.212. The zero-order chi connectivity index (χ0) is 9.14. The minimum Gasteiger partial charge on any atom is -0.378 e. The van der Waals surface area contributed by atoms with Crippen LogP contribution in [0.4, 0.5) is 0 Å². The Morgan fingerprint density at radius 1 is 1.50 bits per heavy atom. The van der Waals surface area contributed by atoms with Gasteiger partial charge in [0.15, 0.2) is 0 Å². The summed E-state index contributed by atoms with van der Waals surface area (Å²) in [6, 6.07) is 0.663. The summed E-state index contributed by atoms with van der Waals surface area (Å²) in [5.74, 6) is 0.849. The van der Waals surface area contributed by atoms with Crippen molar-refractivity contribution >= 4 is 0 Å². The summed E-state index contributed by atoms with van der Waals surface area (Å²) >= 11 is 0. The molecule has 2 heteroatoms. The number of aliphatic hydroxyl groups is 1. The van der Waals surface area contributed by atoms with E-state index < -0.39 is 0 Å². The molecular weight excluding hydrogens is 150 g/mol. The Labute approximate surface area is 75.6 Å². The second-order valence-electron chi connectivity index (χ2n) is 3.91. The van der Waals surface area contributed by atoms with E-state index in [-0.39, 0.29) is 6.23 Å². The molecule has 3 unspecified atom stereocenters. The Morgan fingerprint density at radius 3 is 2.58 bits per heavy atom. The molecule has 0 aliphatic heterocycles. The number of aliphatic hydroxyl groups excluding tert-OH is 1. The maximum absolute atomic E-state index is 9.67. The first kappa shape index (κ1) is 10.0. The van der Waals surface area contributed by atoms with Crippen LogP contribution in [0.3, 0.4) is 0 Å². The largest absolute Gasteiger partial charge is 0.378 e. The standard InChI is InChI=1S/C10H21NO/c1-4-6-10(12)11(3)9-7-8(9)5-2/h8-10,12H,4-7H2,1-3H3. The zero-order valence-corrected chi connectivity index (χ0v) is 8.45. The van der Waals surface area contributed by atoms with Crippen molar-refractivity contribution in [3.8, 4) is 0 Å². The summed E-state index contributed by atoms with van der Waals surface area (Å²) in [4.78, 5) is 2.14. The molecular formula is C10H21NO. The summed E-state index contributed by atoms with van der Waals surface area (Å²) in [6.07, 6.45) is 4.30. The molecule has 0 radical (unpaired) electrons. The summed E-state index contributed by atoms with van der Waals surface area (Å²) in [5.41, 5.74) is 0. The van der Waals surface area contributed by atoms with Gasteiger partial charge in [0.25, 0.3) is 0 Å². The Bertz CT molecular complexity index is 136. The lowest BCUT2D eigenvalue weighted by Crippen LogP contribution is -2.34. The van der Waals surface area contributed by atoms with Crippen molar-refractivity contribution in [3.05, 3.63) is 0 Å². The molecule has 0 aromatic rings. The van der Waals surface area contributed by atoms with E-state index in [4.69, 9.17) is 0 Å². The highest BCUT2D eigenvalue weighted by Gasteiger charge is 2.40. The lowest BCUT2D eigenvalue weighted by Gasteiger charge is -2.23. The fourth-order valence-corrected chi connectivity index (χ4v) is 1.85. The van der Waals surface area contributed by atoms with Crippen molar-refractivity contribution in [3.63, 3.8) is 0 Å². The molecule has 1 fully saturated rings. The Balaban J connectivity index is 2.24. The van der Waals surface area contributed by atoms with Gasteiger partial charge in [-0.05, 0) is 25.8 Å². The number of hydrogen-bond donors (Lipinski definition) is 1. The van der Waals surface area contributed by atoms with E-state index in [1.807, 2.05) is 7.05 Å². The van der Waals surface area contributed by atoms with Crippen LogP contribution in [0.1, 0.15) is 39.5 Å². The van der Waals surface area contributed by atoms with E-state index in [0.717, 1.165) is 18.8 Å². The van der Waals surface area contributed by atoms with Crippen molar-refractivity contribution in [1.82, 2.24) is 4.90 Å². The van der Waals surface area contributed by atoms with Gasteiger partial charge < -0.3 is 5.11 Å². The summed E-state index contributed by atoms with van der Waals surface area (Å²) in [7, 11) is 2.04. The van der Waals surface area contributed by atoms with Gasteiger partial charge in [0, 0.05) is 6.04 Å². The monoisotopic (exact) mass is 171 g/mol. The molecule has 3 atom stereocenters. The molecule has 0 heterocycles. The summed E-state index contributed by atoms with van der Waals surface area (Å²) in [5, 5.41) is 9.67. The van der Waals surface area contributed by atoms with Crippen molar-refractivity contribution in [2.45, 2.75) is 51.8 Å². The molecule has 0 saturated heterocycles. The van der Waals surface area contributed by atoms with E-state index in [9.17, 15) is 5.11 Å². The molecule has 12 heavy (non-hydrogen) atoms. The van der Waals surface area contributed by atoms with E-state index in [1.165, 1.54) is 12.8 Å². The van der Waals surface area contributed by atoms with Gasteiger partial charge in [0.2, 0.25) is 0 Å². The highest BCUT2D eigenvalue weighted by atomic mass is 16.3. The number of rotatable bonds is 5. The third kappa shape index (κ3) is 2.20. The second-order valence-corrected chi connectivity index (χ2v) is 3.91. The number of nitrogens with zero attached hydrogens (tertiary/aromatic N) is 1. The third-order valence-corrected chi connectivity index (χ3v) is 2.95. The maximum atomic E-state index is 9.67. The van der Waals surface area contributed by atoms with Crippen LogP contribution < -0.4 is 0 Å². The summed E-state index contributed by atoms with van der Waals surface area (Å²) < 4.78 is 0. The minimum atomic E-state index is -0.212. The topological polar surface area (TPSA) is 23.5 Å². The summed E-state index contributed by atoms with van der Waals surface area (Å²) in [6.45, 7) is 4.34. The quantitative estimate of drug-likeness (QED) is 0.638. The molecule has 72 valence electrons. The van der Waals surface area contributed by atoms with E-state index in [1.54, 1.807) is 0 Å². The smallest absolute Gasteiger partial charge is 0.107 e. The van der Waals surface area contributed by atoms with Gasteiger partial charge >= 0.3 is 0 Å². The molecule has 1 saturated carbocycles. The molecule has 2 nitrogen and oxygen atoms in total. The van der Waals surface area contributed by atoms with Crippen molar-refractivity contribution in [1.29, 1.82) is 0 Å². The lowest BCUT2D eigenvalue weighted by atomic mass is 10.2. The number of hydrogen-bond acceptors (Lipinski definition) is 2. The molecule has 0 spiro atoms. The predicted octanol–water partition coefficient (Wildman–Crippen LogP) is 1.84. The SMILES string of the molecule is CCCC(O)N(C)C1CC1CC. The second kappa shape index (κ2) is 4.24. The van der Waals surface area contributed by atoms with Crippen LogP contribution in [-0.2, 0) is 0 Å². The average Bonchev–Trinajstić information content (AvgIpc) is 2.82. The molecule has 1 rings (SSSR count). The highest BCUT2D eigenvalue weighted by Crippen LogP contribution is 2.38. The van der Waals surface area contributed by atoms with Crippen LogP contribution in [0, 0.1) is 5.92 Å². The Morgan fingerprint density at radius 2 is 2.17 bits per heavy atom. The molecule has 1 aliphatic rings. The third-order valence-electron chi connectivity index (χ3n) is 2.95. The molecule has 0 amide bonds. The van der Waals surface area contributed by atoms with E-state index in [2.05, 4.69) is 18.7 Å². The highest BCUT2D eigenvalue weighted by molar-refractivity contribution is 4.93. The van der Waals surface area contributed by atoms with Crippen LogP contribution in [0.25, 0.3) is 0 Å². The van der Waals surface area contributed by atoms with Crippen LogP contribution in [-0.4, -0.2) is 29.3 Å². The van der Waals surface area contributed by atoms with Gasteiger partial charge in [-0.25, -0.2) is 0 Å². The first-order valence-corrected chi connectivity index (χ1v) is 5.10. The molecule has 1 N–H and O–H groups in total. The fourth-order valence-electron chi connectivity index (χ4n) is 1.85. The first-order valence-electron chi connectivity index (χ1n) is 5.10. The molecule has 1 aliphatic carbocycles. The van der Waals surface area contributed by atoms with Gasteiger partial charge in [0.05, 0.1) is 0 Å². The van der Waals surface area contributed by atoms with Crippen LogP contribution in [0.15, 0.2) is 0 Å². The molecule has 0 aromatic heterocycles. The van der Waals surface area contributed by atoms with Crippen LogP contribution in [0.5, 0.6) is 0 Å².